The number of fused-ring (bicyclic) bond motifs is 6. The van der Waals surface area contributed by atoms with Crippen LogP contribution in [0.2, 0.25) is 0 Å². The highest BCUT2D eigenvalue weighted by Crippen LogP contribution is 2.55. The van der Waals surface area contributed by atoms with E-state index in [0.29, 0.717) is 23.6 Å². The number of halogens is 4. The molecule has 0 aliphatic heterocycles. The normalized spacial score (nSPS) is 12.6. The molecule has 0 amide bonds. The fourth-order valence-corrected chi connectivity index (χ4v) is 6.86. The zero-order valence-corrected chi connectivity index (χ0v) is 22.8. The summed E-state index contributed by atoms with van der Waals surface area (Å²) in [6.45, 7) is 0. The lowest BCUT2D eigenvalue weighted by molar-refractivity contribution is -0.137. The van der Waals surface area contributed by atoms with Gasteiger partial charge in [0.25, 0.3) is 0 Å². The van der Waals surface area contributed by atoms with E-state index in [1.807, 2.05) is 97.1 Å². The molecular weight excluding hydrogens is 546 g/mol. The van der Waals surface area contributed by atoms with Crippen LogP contribution in [-0.2, 0) is 12.6 Å². The smallest absolute Gasteiger partial charge is 0.309 e. The van der Waals surface area contributed by atoms with Gasteiger partial charge in [0.05, 0.1) is 16.6 Å². The van der Waals surface area contributed by atoms with Crippen molar-refractivity contribution in [3.63, 3.8) is 0 Å². The minimum absolute atomic E-state index is 0.0357. The molecule has 1 aromatic heterocycles. The van der Waals surface area contributed by atoms with Crippen molar-refractivity contribution in [2.24, 2.45) is 0 Å². The first-order valence-electron chi connectivity index (χ1n) is 14.1. The second kappa shape index (κ2) is 9.43. The molecule has 0 spiro atoms. The summed E-state index contributed by atoms with van der Waals surface area (Å²) in [7, 11) is 0. The summed E-state index contributed by atoms with van der Waals surface area (Å²) in [6.07, 6.45) is -4.19. The summed E-state index contributed by atoms with van der Waals surface area (Å²) >= 11 is 0. The molecule has 1 aliphatic carbocycles. The zero-order chi connectivity index (χ0) is 29.3. The minimum atomic E-state index is -4.77. The van der Waals surface area contributed by atoms with Crippen LogP contribution in [0, 0.1) is 5.82 Å². The number of rotatable bonds is 3. The second-order valence-corrected chi connectivity index (χ2v) is 10.9. The fourth-order valence-electron chi connectivity index (χ4n) is 6.86. The van der Waals surface area contributed by atoms with Crippen molar-refractivity contribution in [3.05, 3.63) is 150 Å². The highest BCUT2D eigenvalue weighted by Gasteiger charge is 2.38. The molecular formula is C38H23F4N. The van der Waals surface area contributed by atoms with Crippen LogP contribution in [0.25, 0.3) is 60.9 Å². The van der Waals surface area contributed by atoms with Crippen LogP contribution in [0.1, 0.15) is 16.7 Å². The van der Waals surface area contributed by atoms with E-state index >= 15 is 0 Å². The number of para-hydroxylation sites is 2. The van der Waals surface area contributed by atoms with Gasteiger partial charge >= 0.3 is 6.18 Å². The van der Waals surface area contributed by atoms with Crippen molar-refractivity contribution in [2.75, 3.05) is 0 Å². The van der Waals surface area contributed by atoms with Crippen LogP contribution in [0.3, 0.4) is 0 Å². The van der Waals surface area contributed by atoms with Gasteiger partial charge in [0.1, 0.15) is 5.82 Å². The van der Waals surface area contributed by atoms with E-state index in [0.717, 1.165) is 61.4 Å². The van der Waals surface area contributed by atoms with Gasteiger partial charge in [-0.3, -0.25) is 0 Å². The molecule has 0 atom stereocenters. The van der Waals surface area contributed by atoms with Crippen molar-refractivity contribution < 1.29 is 17.6 Å². The molecule has 6 aromatic carbocycles. The third kappa shape index (κ3) is 3.85. The predicted molar refractivity (Wildman–Crippen MR) is 165 cm³/mol. The molecule has 0 N–H and O–H groups in total. The molecule has 0 saturated carbocycles. The van der Waals surface area contributed by atoms with Crippen LogP contribution >= 0.6 is 0 Å². The van der Waals surface area contributed by atoms with E-state index in [-0.39, 0.29) is 5.56 Å². The maximum Gasteiger partial charge on any atom is 0.417 e. The maximum absolute atomic E-state index is 14.8. The van der Waals surface area contributed by atoms with Gasteiger partial charge < -0.3 is 4.57 Å². The Morgan fingerprint density at radius 3 is 2.05 bits per heavy atom. The Balaban J connectivity index is 1.70. The van der Waals surface area contributed by atoms with E-state index in [4.69, 9.17) is 0 Å². The van der Waals surface area contributed by atoms with Gasteiger partial charge in [-0.05, 0) is 75.7 Å². The molecule has 208 valence electrons. The van der Waals surface area contributed by atoms with Crippen molar-refractivity contribution in [1.29, 1.82) is 0 Å². The molecule has 0 fully saturated rings. The number of alkyl halides is 3. The van der Waals surface area contributed by atoms with Crippen molar-refractivity contribution >= 4 is 21.8 Å². The van der Waals surface area contributed by atoms with Crippen molar-refractivity contribution in [1.82, 2.24) is 4.57 Å². The topological polar surface area (TPSA) is 4.93 Å². The Morgan fingerprint density at radius 1 is 0.605 bits per heavy atom. The lowest BCUT2D eigenvalue weighted by Gasteiger charge is -2.22. The first-order chi connectivity index (χ1) is 20.9. The van der Waals surface area contributed by atoms with Gasteiger partial charge in [0, 0.05) is 22.0 Å². The SMILES string of the molecule is Fc1ccc(-c2c3c(c(-c4ccccc4)c4c5ccccc5n(-c5ccccc5)c24)Cc2ccccc2-3)c(C(F)(F)F)c1. The van der Waals surface area contributed by atoms with Gasteiger partial charge in [-0.15, -0.1) is 0 Å². The van der Waals surface area contributed by atoms with Crippen LogP contribution in [-0.4, -0.2) is 4.57 Å². The lowest BCUT2D eigenvalue weighted by Crippen LogP contribution is -2.09. The number of aromatic nitrogens is 1. The fraction of sp³-hybridized carbons (Fsp3) is 0.0526. The summed E-state index contributed by atoms with van der Waals surface area (Å²) in [5, 5.41) is 1.82. The average Bonchev–Trinajstić information content (AvgIpc) is 3.57. The summed E-state index contributed by atoms with van der Waals surface area (Å²) in [6, 6.07) is 38.7. The molecule has 1 aliphatic rings. The number of benzene rings is 6. The third-order valence-electron chi connectivity index (χ3n) is 8.50. The summed E-state index contributed by atoms with van der Waals surface area (Å²) in [5.74, 6) is -0.922. The minimum Gasteiger partial charge on any atom is -0.309 e. The summed E-state index contributed by atoms with van der Waals surface area (Å²) in [4.78, 5) is 0. The molecule has 1 heterocycles. The molecule has 0 radical (unpaired) electrons. The Kier molecular flexibility index (Phi) is 5.60. The molecule has 0 unspecified atom stereocenters. The third-order valence-corrected chi connectivity index (χ3v) is 8.50. The molecule has 0 saturated heterocycles. The maximum atomic E-state index is 14.8. The molecule has 8 rings (SSSR count). The molecule has 1 nitrogen and oxygen atoms in total. The van der Waals surface area contributed by atoms with Gasteiger partial charge in [-0.2, -0.15) is 13.2 Å². The van der Waals surface area contributed by atoms with Crippen LogP contribution < -0.4 is 0 Å². The number of nitrogens with zero attached hydrogens (tertiary/aromatic N) is 1. The van der Waals surface area contributed by atoms with E-state index in [1.54, 1.807) is 0 Å². The van der Waals surface area contributed by atoms with E-state index in [1.165, 1.54) is 6.07 Å². The molecule has 43 heavy (non-hydrogen) atoms. The standard InChI is InChI=1S/C38H23F4N/c39-25-19-20-28(31(22-25)38(40,41)42)35-34-27-16-8-7-13-24(27)21-30(34)33(23-11-3-1-4-12-23)36-29-17-9-10-18-32(29)43(37(35)36)26-14-5-2-6-15-26/h1-20,22H,21H2. The van der Waals surface area contributed by atoms with Crippen LogP contribution in [0.5, 0.6) is 0 Å². The lowest BCUT2D eigenvalue weighted by atomic mass is 9.84. The zero-order valence-electron chi connectivity index (χ0n) is 22.8. The van der Waals surface area contributed by atoms with Crippen molar-refractivity contribution in [3.8, 4) is 39.1 Å². The predicted octanol–water partition coefficient (Wildman–Crippen LogP) is 10.8. The second-order valence-electron chi connectivity index (χ2n) is 10.9. The molecule has 7 aromatic rings. The molecule has 5 heteroatoms. The monoisotopic (exact) mass is 569 g/mol. The van der Waals surface area contributed by atoms with E-state index in [9.17, 15) is 17.6 Å². The highest BCUT2D eigenvalue weighted by atomic mass is 19.4. The van der Waals surface area contributed by atoms with E-state index < -0.39 is 17.6 Å². The summed E-state index contributed by atoms with van der Waals surface area (Å²) in [5.41, 5.74) is 7.50. The van der Waals surface area contributed by atoms with Gasteiger partial charge in [-0.1, -0.05) is 97.1 Å². The molecule has 0 bridgehead atoms. The van der Waals surface area contributed by atoms with Gasteiger partial charge in [0.15, 0.2) is 0 Å². The van der Waals surface area contributed by atoms with Gasteiger partial charge in [-0.25, -0.2) is 4.39 Å². The Bertz CT molecular complexity index is 2190. The number of hydrogen-bond donors (Lipinski definition) is 0. The largest absolute Gasteiger partial charge is 0.417 e. The first-order valence-corrected chi connectivity index (χ1v) is 14.1. The van der Waals surface area contributed by atoms with E-state index in [2.05, 4.69) is 16.7 Å². The van der Waals surface area contributed by atoms with Gasteiger partial charge in [0.2, 0.25) is 0 Å². The Hall–Kier alpha value is -5.16. The summed E-state index contributed by atoms with van der Waals surface area (Å²) < 4.78 is 60.9. The van der Waals surface area contributed by atoms with Crippen molar-refractivity contribution in [2.45, 2.75) is 12.6 Å². The number of hydrogen-bond acceptors (Lipinski definition) is 0. The van der Waals surface area contributed by atoms with Crippen LogP contribution in [0.15, 0.2) is 127 Å². The highest BCUT2D eigenvalue weighted by molar-refractivity contribution is 6.24. The average molecular weight is 570 g/mol. The Labute approximate surface area is 245 Å². The first kappa shape index (κ1) is 25.5. The quantitative estimate of drug-likeness (QED) is 0.187. The van der Waals surface area contributed by atoms with Crippen LogP contribution in [0.4, 0.5) is 17.6 Å². The Morgan fingerprint density at radius 2 is 1.28 bits per heavy atom.